The van der Waals surface area contributed by atoms with Gasteiger partial charge in [0, 0.05) is 29.6 Å². The maximum Gasteiger partial charge on any atom is 0.413 e. The second-order valence-corrected chi connectivity index (χ2v) is 9.87. The molecule has 0 saturated carbocycles. The normalized spacial score (nSPS) is 17.4. The van der Waals surface area contributed by atoms with Crippen molar-refractivity contribution in [3.05, 3.63) is 34.1 Å². The van der Waals surface area contributed by atoms with E-state index in [9.17, 15) is 31.9 Å². The van der Waals surface area contributed by atoms with Crippen molar-refractivity contribution < 1.29 is 41.4 Å². The Balaban J connectivity index is 2.37. The smallest absolute Gasteiger partial charge is 0.413 e. The fraction of sp³-hybridized carbons (Fsp3) is 0.542. The van der Waals surface area contributed by atoms with Crippen molar-refractivity contribution in [2.45, 2.75) is 75.8 Å². The van der Waals surface area contributed by atoms with E-state index in [1.165, 1.54) is 20.8 Å². The molecule has 1 aliphatic heterocycles. The highest BCUT2D eigenvalue weighted by molar-refractivity contribution is 8.00. The van der Waals surface area contributed by atoms with Crippen molar-refractivity contribution in [3.8, 4) is 0 Å². The maximum atomic E-state index is 14.9. The molecule has 6 nitrogen and oxygen atoms in total. The number of allylic oxidation sites excluding steroid dienone is 1. The summed E-state index contributed by atoms with van der Waals surface area (Å²) in [6.07, 6.45) is -4.14. The van der Waals surface area contributed by atoms with Crippen molar-refractivity contribution in [3.63, 3.8) is 0 Å². The van der Waals surface area contributed by atoms with Crippen LogP contribution in [0.1, 0.15) is 53.4 Å². The van der Waals surface area contributed by atoms with Crippen LogP contribution in [-0.2, 0) is 23.9 Å². The quantitative estimate of drug-likeness (QED) is 0.156. The van der Waals surface area contributed by atoms with Gasteiger partial charge in [-0.3, -0.25) is 14.4 Å². The number of benzene rings is 1. The highest BCUT2D eigenvalue weighted by Gasteiger charge is 2.38. The molecular weight excluding hydrogens is 526 g/mol. The molecule has 200 valence electrons. The first kappa shape index (κ1) is 30.1. The summed E-state index contributed by atoms with van der Waals surface area (Å²) >= 11 is 7.04. The molecule has 2 rings (SSSR count). The van der Waals surface area contributed by atoms with Gasteiger partial charge in [0.1, 0.15) is 17.7 Å². The molecule has 0 N–H and O–H groups in total. The van der Waals surface area contributed by atoms with E-state index in [2.05, 4.69) is 0 Å². The second-order valence-electron chi connectivity index (χ2n) is 8.08. The number of nitrogens with zero attached hydrogens (tertiary/aromatic N) is 1. The third-order valence-corrected chi connectivity index (χ3v) is 7.07. The number of hydrogen-bond donors (Lipinski definition) is 0. The number of hydrogen-bond acceptors (Lipinski definition) is 6. The van der Waals surface area contributed by atoms with Gasteiger partial charge < -0.3 is 9.47 Å². The number of ether oxygens (including phenoxy) is 2. The molecule has 1 aromatic carbocycles. The van der Waals surface area contributed by atoms with E-state index in [1.807, 2.05) is 0 Å². The average Bonchev–Trinajstić information content (AvgIpc) is 3.31. The van der Waals surface area contributed by atoms with Crippen LogP contribution >= 0.6 is 23.4 Å². The Kier molecular flexibility index (Phi) is 10.8. The van der Waals surface area contributed by atoms with Crippen LogP contribution in [0.3, 0.4) is 0 Å². The number of esters is 1. The number of alkyl halides is 3. The average molecular weight is 554 g/mol. The predicted molar refractivity (Wildman–Crippen MR) is 128 cm³/mol. The molecule has 1 aliphatic rings. The first-order chi connectivity index (χ1) is 16.8. The van der Waals surface area contributed by atoms with Crippen LogP contribution in [0, 0.1) is 5.82 Å². The number of thioether (sulfide) groups is 1. The highest BCUT2D eigenvalue weighted by Crippen LogP contribution is 2.38. The Labute approximate surface area is 216 Å². The SMILES string of the molecule is CC/C(C(=O)N(C(C)=O)c1cc(SC(C)C(=O)OCC2CCCO2)c(Cl)cc1F)=C(/CC)C(F)(F)F. The zero-order valence-electron chi connectivity index (χ0n) is 20.3. The molecule has 12 heteroatoms. The summed E-state index contributed by atoms with van der Waals surface area (Å²) in [6.45, 7) is 5.74. The van der Waals surface area contributed by atoms with E-state index in [0.29, 0.717) is 11.5 Å². The van der Waals surface area contributed by atoms with Crippen LogP contribution in [0.25, 0.3) is 0 Å². The lowest BCUT2D eigenvalue weighted by Gasteiger charge is -2.24. The summed E-state index contributed by atoms with van der Waals surface area (Å²) in [4.78, 5) is 38.4. The number of amides is 2. The third-order valence-electron chi connectivity index (χ3n) is 5.50. The van der Waals surface area contributed by atoms with Gasteiger partial charge in [-0.1, -0.05) is 25.4 Å². The van der Waals surface area contributed by atoms with Crippen LogP contribution < -0.4 is 4.90 Å². The Morgan fingerprint density at radius 1 is 1.25 bits per heavy atom. The fourth-order valence-corrected chi connectivity index (χ4v) is 4.90. The van der Waals surface area contributed by atoms with Gasteiger partial charge in [0.25, 0.3) is 5.91 Å². The summed E-state index contributed by atoms with van der Waals surface area (Å²) in [5.74, 6) is -3.92. The number of imide groups is 1. The van der Waals surface area contributed by atoms with Gasteiger partial charge in [-0.2, -0.15) is 13.2 Å². The molecule has 0 aromatic heterocycles. The molecule has 0 aliphatic carbocycles. The summed E-state index contributed by atoms with van der Waals surface area (Å²) in [5, 5.41) is -0.904. The van der Waals surface area contributed by atoms with E-state index in [-0.39, 0.29) is 29.0 Å². The van der Waals surface area contributed by atoms with Gasteiger partial charge in [-0.15, -0.1) is 11.8 Å². The van der Waals surface area contributed by atoms with E-state index in [4.69, 9.17) is 21.1 Å². The minimum Gasteiger partial charge on any atom is -0.462 e. The molecule has 1 fully saturated rings. The van der Waals surface area contributed by atoms with E-state index < -0.39 is 58.3 Å². The standard InChI is InChI=1S/C24H28ClF4NO5S/c1-5-16(17(6-2)24(27,28)29)22(32)30(14(4)31)20-11-21(18(25)10-19(20)26)36-13(3)23(33)35-12-15-8-7-9-34-15/h10-11,13,15H,5-9,12H2,1-4H3/b17-16+. The van der Waals surface area contributed by atoms with Crippen molar-refractivity contribution in [1.82, 2.24) is 0 Å². The summed E-state index contributed by atoms with van der Waals surface area (Å²) < 4.78 is 66.1. The van der Waals surface area contributed by atoms with Crippen molar-refractivity contribution in [2.75, 3.05) is 18.1 Å². The Morgan fingerprint density at radius 2 is 1.92 bits per heavy atom. The van der Waals surface area contributed by atoms with Crippen molar-refractivity contribution in [1.29, 1.82) is 0 Å². The summed E-state index contributed by atoms with van der Waals surface area (Å²) in [5.41, 5.74) is -2.30. The number of halogens is 5. The molecule has 0 spiro atoms. The van der Waals surface area contributed by atoms with Gasteiger partial charge in [0.15, 0.2) is 0 Å². The maximum absolute atomic E-state index is 14.9. The lowest BCUT2D eigenvalue weighted by atomic mass is 10.0. The molecule has 1 saturated heterocycles. The number of carbonyl (C=O) groups excluding carboxylic acids is 3. The Morgan fingerprint density at radius 3 is 2.42 bits per heavy atom. The molecule has 2 unspecified atom stereocenters. The molecule has 1 aromatic rings. The Hall–Kier alpha value is -2.11. The Bertz CT molecular complexity index is 1020. The van der Waals surface area contributed by atoms with Crippen molar-refractivity contribution in [2.24, 2.45) is 0 Å². The third kappa shape index (κ3) is 7.45. The monoisotopic (exact) mass is 553 g/mol. The topological polar surface area (TPSA) is 72.9 Å². The fourth-order valence-electron chi connectivity index (χ4n) is 3.72. The largest absolute Gasteiger partial charge is 0.462 e. The molecule has 36 heavy (non-hydrogen) atoms. The highest BCUT2D eigenvalue weighted by atomic mass is 35.5. The van der Waals surface area contributed by atoms with Gasteiger partial charge in [-0.25, -0.2) is 9.29 Å². The van der Waals surface area contributed by atoms with Gasteiger partial charge >= 0.3 is 12.1 Å². The van der Waals surface area contributed by atoms with Gasteiger partial charge in [-0.05, 0) is 44.7 Å². The van der Waals surface area contributed by atoms with Crippen LogP contribution in [-0.4, -0.2) is 48.5 Å². The lowest BCUT2D eigenvalue weighted by molar-refractivity contribution is -0.145. The minimum absolute atomic E-state index is 0.0871. The second kappa shape index (κ2) is 12.9. The van der Waals surface area contributed by atoms with Gasteiger partial charge in [0.05, 0.1) is 16.8 Å². The molecule has 0 radical (unpaired) electrons. The van der Waals surface area contributed by atoms with Crippen LogP contribution in [0.15, 0.2) is 28.2 Å². The number of anilines is 1. The zero-order chi connectivity index (χ0) is 27.2. The molecule has 0 bridgehead atoms. The lowest BCUT2D eigenvalue weighted by Crippen LogP contribution is -2.38. The van der Waals surface area contributed by atoms with Crippen LogP contribution in [0.4, 0.5) is 23.2 Å². The minimum atomic E-state index is -4.79. The van der Waals surface area contributed by atoms with Crippen LogP contribution in [0.2, 0.25) is 5.02 Å². The van der Waals surface area contributed by atoms with Crippen molar-refractivity contribution >= 4 is 46.8 Å². The number of carbonyl (C=O) groups is 3. The molecular formula is C24H28ClF4NO5S. The zero-order valence-corrected chi connectivity index (χ0v) is 21.9. The number of rotatable bonds is 9. The molecule has 1 heterocycles. The first-order valence-electron chi connectivity index (χ1n) is 11.4. The first-order valence-corrected chi connectivity index (χ1v) is 12.7. The molecule has 2 atom stereocenters. The summed E-state index contributed by atoms with van der Waals surface area (Å²) in [7, 11) is 0. The summed E-state index contributed by atoms with van der Waals surface area (Å²) in [6, 6.07) is 1.91. The molecule has 2 amide bonds. The van der Waals surface area contributed by atoms with E-state index >= 15 is 0 Å². The predicted octanol–water partition coefficient (Wildman–Crippen LogP) is 6.24. The van der Waals surface area contributed by atoms with E-state index in [1.54, 1.807) is 0 Å². The van der Waals surface area contributed by atoms with Crippen LogP contribution in [0.5, 0.6) is 0 Å². The van der Waals surface area contributed by atoms with Gasteiger partial charge in [0.2, 0.25) is 5.91 Å². The van der Waals surface area contributed by atoms with E-state index in [0.717, 1.165) is 43.7 Å².